The van der Waals surface area contributed by atoms with E-state index >= 15 is 0 Å². The molecule has 0 heterocycles. The summed E-state index contributed by atoms with van der Waals surface area (Å²) < 4.78 is 15.9. The molecule has 5 nitrogen and oxygen atoms in total. The van der Waals surface area contributed by atoms with Crippen LogP contribution >= 0.6 is 11.6 Å². The molecule has 0 aliphatic carbocycles. The molecule has 22 heavy (non-hydrogen) atoms. The number of methoxy groups -OCH3 is 3. The van der Waals surface area contributed by atoms with E-state index in [4.69, 9.17) is 25.8 Å². The van der Waals surface area contributed by atoms with E-state index in [0.29, 0.717) is 33.5 Å². The molecule has 0 saturated carbocycles. The van der Waals surface area contributed by atoms with Gasteiger partial charge in [0.05, 0.1) is 43.8 Å². The van der Waals surface area contributed by atoms with Crippen LogP contribution in [0.25, 0.3) is 0 Å². The van der Waals surface area contributed by atoms with Crippen molar-refractivity contribution in [3.05, 3.63) is 47.0 Å². The van der Waals surface area contributed by atoms with E-state index in [1.54, 1.807) is 45.7 Å². The topological polar surface area (TPSA) is 52.1 Å². The third kappa shape index (κ3) is 3.62. The fourth-order valence-corrected chi connectivity index (χ4v) is 2.06. The van der Waals surface area contributed by atoms with Crippen molar-refractivity contribution in [1.29, 1.82) is 0 Å². The van der Waals surface area contributed by atoms with Crippen molar-refractivity contribution < 1.29 is 14.2 Å². The van der Waals surface area contributed by atoms with Crippen LogP contribution in [0.3, 0.4) is 0 Å². The number of hydrazone groups is 1. The van der Waals surface area contributed by atoms with E-state index in [1.807, 2.05) is 18.2 Å². The fraction of sp³-hybridized carbons (Fsp3) is 0.188. The number of halogens is 1. The average Bonchev–Trinajstić information content (AvgIpc) is 2.56. The standard InChI is InChI=1S/C16H17ClN2O3/c1-20-11-8-15(21-2)12(16(9-11)22-3)10-18-19-14-7-5-4-6-13(14)17/h4-10,19H,1-3H3/b18-10-. The maximum Gasteiger partial charge on any atom is 0.135 e. The Labute approximate surface area is 134 Å². The molecular weight excluding hydrogens is 304 g/mol. The lowest BCUT2D eigenvalue weighted by Crippen LogP contribution is -1.99. The molecule has 116 valence electrons. The molecule has 0 spiro atoms. The van der Waals surface area contributed by atoms with Gasteiger partial charge in [-0.1, -0.05) is 23.7 Å². The number of anilines is 1. The molecule has 0 unspecified atom stereocenters. The first kappa shape index (κ1) is 16.0. The Balaban J connectivity index is 2.28. The summed E-state index contributed by atoms with van der Waals surface area (Å²) in [5.41, 5.74) is 4.30. The third-order valence-electron chi connectivity index (χ3n) is 3.01. The Kier molecular flexibility index (Phi) is 5.49. The minimum atomic E-state index is 0.591. The Morgan fingerprint density at radius 3 is 2.18 bits per heavy atom. The highest BCUT2D eigenvalue weighted by atomic mass is 35.5. The van der Waals surface area contributed by atoms with Crippen LogP contribution < -0.4 is 19.6 Å². The zero-order chi connectivity index (χ0) is 15.9. The maximum absolute atomic E-state index is 6.06. The number of hydrogen-bond donors (Lipinski definition) is 1. The molecule has 1 N–H and O–H groups in total. The lowest BCUT2D eigenvalue weighted by molar-refractivity contribution is 0.374. The molecular formula is C16H17ClN2O3. The van der Waals surface area contributed by atoms with Crippen LogP contribution in [0.1, 0.15) is 5.56 Å². The van der Waals surface area contributed by atoms with Crippen LogP contribution in [0.4, 0.5) is 5.69 Å². The Bertz CT molecular complexity index is 649. The van der Waals surface area contributed by atoms with E-state index in [1.165, 1.54) is 0 Å². The van der Waals surface area contributed by atoms with Crippen molar-refractivity contribution in [2.45, 2.75) is 0 Å². The number of hydrogen-bond acceptors (Lipinski definition) is 5. The summed E-state index contributed by atoms with van der Waals surface area (Å²) in [7, 11) is 4.74. The van der Waals surface area contributed by atoms with Crippen molar-refractivity contribution >= 4 is 23.5 Å². The molecule has 2 aromatic carbocycles. The smallest absolute Gasteiger partial charge is 0.135 e. The van der Waals surface area contributed by atoms with Crippen LogP contribution in [0.2, 0.25) is 5.02 Å². The summed E-state index contributed by atoms with van der Waals surface area (Å²) in [6, 6.07) is 10.9. The second kappa shape index (κ2) is 7.56. The fourth-order valence-electron chi connectivity index (χ4n) is 1.88. The molecule has 6 heteroatoms. The zero-order valence-electron chi connectivity index (χ0n) is 12.6. The molecule has 0 radical (unpaired) electrons. The van der Waals surface area contributed by atoms with Gasteiger partial charge in [-0.15, -0.1) is 0 Å². The van der Waals surface area contributed by atoms with Crippen molar-refractivity contribution in [2.24, 2.45) is 5.10 Å². The van der Waals surface area contributed by atoms with E-state index in [0.717, 1.165) is 0 Å². The van der Waals surface area contributed by atoms with Gasteiger partial charge in [0, 0.05) is 12.1 Å². The van der Waals surface area contributed by atoms with Gasteiger partial charge in [-0.3, -0.25) is 5.43 Å². The molecule has 2 aromatic rings. The second-order valence-corrected chi connectivity index (χ2v) is 4.70. The van der Waals surface area contributed by atoms with Crippen molar-refractivity contribution in [3.8, 4) is 17.2 Å². The van der Waals surface area contributed by atoms with Crippen LogP contribution in [0.15, 0.2) is 41.5 Å². The number of para-hydroxylation sites is 1. The summed E-state index contributed by atoms with van der Waals surface area (Å²) in [6.07, 6.45) is 1.61. The van der Waals surface area contributed by atoms with Gasteiger partial charge in [0.15, 0.2) is 0 Å². The van der Waals surface area contributed by atoms with Gasteiger partial charge < -0.3 is 14.2 Å². The molecule has 0 atom stereocenters. The molecule has 0 amide bonds. The van der Waals surface area contributed by atoms with Gasteiger partial charge in [0.1, 0.15) is 17.2 Å². The largest absolute Gasteiger partial charge is 0.496 e. The van der Waals surface area contributed by atoms with Gasteiger partial charge in [0.2, 0.25) is 0 Å². The number of nitrogens with zero attached hydrogens (tertiary/aromatic N) is 1. The molecule has 0 bridgehead atoms. The minimum absolute atomic E-state index is 0.591. The third-order valence-corrected chi connectivity index (χ3v) is 3.34. The summed E-state index contributed by atoms with van der Waals surface area (Å²) in [5, 5.41) is 4.78. The maximum atomic E-state index is 6.06. The Morgan fingerprint density at radius 1 is 1.00 bits per heavy atom. The summed E-state index contributed by atoms with van der Waals surface area (Å²) in [6.45, 7) is 0. The number of benzene rings is 2. The highest BCUT2D eigenvalue weighted by Gasteiger charge is 2.11. The lowest BCUT2D eigenvalue weighted by Gasteiger charge is -2.12. The Hall–Kier alpha value is -2.40. The van der Waals surface area contributed by atoms with E-state index < -0.39 is 0 Å². The van der Waals surface area contributed by atoms with Gasteiger partial charge in [0.25, 0.3) is 0 Å². The van der Waals surface area contributed by atoms with Crippen LogP contribution in [0.5, 0.6) is 17.2 Å². The first-order chi connectivity index (χ1) is 10.7. The van der Waals surface area contributed by atoms with Gasteiger partial charge in [-0.2, -0.15) is 5.10 Å². The number of nitrogens with one attached hydrogen (secondary N) is 1. The monoisotopic (exact) mass is 320 g/mol. The van der Waals surface area contributed by atoms with Crippen molar-refractivity contribution in [2.75, 3.05) is 26.8 Å². The van der Waals surface area contributed by atoms with Crippen LogP contribution in [0, 0.1) is 0 Å². The zero-order valence-corrected chi connectivity index (χ0v) is 13.3. The quantitative estimate of drug-likeness (QED) is 0.649. The van der Waals surface area contributed by atoms with E-state index in [9.17, 15) is 0 Å². The second-order valence-electron chi connectivity index (χ2n) is 4.30. The van der Waals surface area contributed by atoms with Gasteiger partial charge in [-0.05, 0) is 12.1 Å². The molecule has 2 rings (SSSR count). The highest BCUT2D eigenvalue weighted by molar-refractivity contribution is 6.33. The molecule has 0 saturated heterocycles. The van der Waals surface area contributed by atoms with Crippen molar-refractivity contribution in [3.63, 3.8) is 0 Å². The lowest BCUT2D eigenvalue weighted by atomic mass is 10.2. The Morgan fingerprint density at radius 2 is 1.64 bits per heavy atom. The van der Waals surface area contributed by atoms with Crippen molar-refractivity contribution in [1.82, 2.24) is 0 Å². The number of rotatable bonds is 6. The summed E-state index contributed by atoms with van der Waals surface area (Å²) in [4.78, 5) is 0. The van der Waals surface area contributed by atoms with Crippen LogP contribution in [-0.4, -0.2) is 27.5 Å². The average molecular weight is 321 g/mol. The number of ether oxygens (including phenoxy) is 3. The van der Waals surface area contributed by atoms with Gasteiger partial charge in [-0.25, -0.2) is 0 Å². The van der Waals surface area contributed by atoms with E-state index in [2.05, 4.69) is 10.5 Å². The van der Waals surface area contributed by atoms with Gasteiger partial charge >= 0.3 is 0 Å². The first-order valence-electron chi connectivity index (χ1n) is 6.53. The highest BCUT2D eigenvalue weighted by Crippen LogP contribution is 2.32. The molecule has 0 fully saturated rings. The normalized spacial score (nSPS) is 10.5. The summed E-state index contributed by atoms with van der Waals surface area (Å²) in [5.74, 6) is 1.84. The van der Waals surface area contributed by atoms with Crippen LogP contribution in [-0.2, 0) is 0 Å². The van der Waals surface area contributed by atoms with E-state index in [-0.39, 0.29) is 0 Å². The molecule has 0 aliphatic rings. The first-order valence-corrected chi connectivity index (χ1v) is 6.91. The predicted octanol–water partition coefficient (Wildman–Crippen LogP) is 3.81. The molecule has 0 aliphatic heterocycles. The minimum Gasteiger partial charge on any atom is -0.496 e. The predicted molar refractivity (Wildman–Crippen MR) is 88.8 cm³/mol. The summed E-state index contributed by atoms with van der Waals surface area (Å²) >= 11 is 6.06. The molecule has 0 aromatic heterocycles. The SMILES string of the molecule is COc1cc(OC)c(/C=N\Nc2ccccc2Cl)c(OC)c1.